The van der Waals surface area contributed by atoms with Crippen molar-refractivity contribution in [3.05, 3.63) is 190 Å². The number of para-hydroxylation sites is 2. The number of nitriles is 1. The van der Waals surface area contributed by atoms with Crippen molar-refractivity contribution in [1.29, 1.82) is 5.26 Å². The molecular weight excluding hydrogens is 871 g/mol. The number of hydrogen-bond donors (Lipinski definition) is 2. The second kappa shape index (κ2) is 24.0. The van der Waals surface area contributed by atoms with E-state index in [1.165, 1.54) is 16.4 Å². The molecule has 13 heteroatoms. The number of aryl methyl sites for hydroxylation is 5. The van der Waals surface area contributed by atoms with Gasteiger partial charge in [0.1, 0.15) is 11.0 Å². The lowest BCUT2D eigenvalue weighted by Gasteiger charge is -2.27. The van der Waals surface area contributed by atoms with Gasteiger partial charge in [-0.25, -0.2) is 26.4 Å². The fourth-order valence-corrected chi connectivity index (χ4v) is 10.6. The largest absolute Gasteiger partial charge is 0.478 e. The SMILES string of the molecule is CCCCN(c1ccccc1CCc1ccc(C(=O)O)cc1)S(=O)(=O)c1ccc(CC)cc1.CCCCN(c1ccccc1CCc1ccc(C(=O)O)cc1)S(=O)(=O)c1ccccc1C#N. The van der Waals surface area contributed by atoms with Crippen LogP contribution in [0.25, 0.3) is 0 Å². The lowest BCUT2D eigenvalue weighted by atomic mass is 10.0. The number of sulfonamides is 2. The van der Waals surface area contributed by atoms with E-state index in [2.05, 4.69) is 0 Å². The minimum absolute atomic E-state index is 0.00247. The van der Waals surface area contributed by atoms with Crippen LogP contribution in [0.15, 0.2) is 155 Å². The molecule has 0 aliphatic rings. The summed E-state index contributed by atoms with van der Waals surface area (Å²) in [4.78, 5) is 22.5. The first-order chi connectivity index (χ1) is 31.7. The van der Waals surface area contributed by atoms with Crippen LogP contribution in [0.2, 0.25) is 0 Å². The topological polar surface area (TPSA) is 173 Å². The van der Waals surface area contributed by atoms with Crippen LogP contribution in [0.5, 0.6) is 0 Å². The number of carboxylic acids is 2. The zero-order valence-electron chi connectivity index (χ0n) is 37.6. The van der Waals surface area contributed by atoms with Crippen LogP contribution >= 0.6 is 0 Å². The third-order valence-electron chi connectivity index (χ3n) is 11.2. The van der Waals surface area contributed by atoms with Crippen molar-refractivity contribution in [3.8, 4) is 6.07 Å². The number of unbranched alkanes of at least 4 members (excludes halogenated alkanes) is 2. The Hall–Kier alpha value is -6.75. The smallest absolute Gasteiger partial charge is 0.335 e. The normalized spacial score (nSPS) is 11.2. The number of rotatable bonds is 21. The van der Waals surface area contributed by atoms with E-state index >= 15 is 0 Å². The first-order valence-corrected chi connectivity index (χ1v) is 25.1. The van der Waals surface area contributed by atoms with E-state index < -0.39 is 32.0 Å². The molecule has 0 unspecified atom stereocenters. The van der Waals surface area contributed by atoms with Gasteiger partial charge in [0.15, 0.2) is 0 Å². The Balaban J connectivity index is 0.000000247. The Morgan fingerprint density at radius 3 is 1.35 bits per heavy atom. The third-order valence-corrected chi connectivity index (χ3v) is 14.9. The highest BCUT2D eigenvalue weighted by Gasteiger charge is 2.29. The first kappa shape index (κ1) is 50.3. The van der Waals surface area contributed by atoms with Crippen molar-refractivity contribution >= 4 is 43.4 Å². The second-order valence-electron chi connectivity index (χ2n) is 15.7. The molecule has 0 spiro atoms. The number of nitrogens with zero attached hydrogens (tertiary/aromatic N) is 3. The number of anilines is 2. The molecule has 0 fully saturated rings. The van der Waals surface area contributed by atoms with Gasteiger partial charge in [-0.3, -0.25) is 8.61 Å². The molecule has 66 heavy (non-hydrogen) atoms. The van der Waals surface area contributed by atoms with Gasteiger partial charge in [0.25, 0.3) is 20.0 Å². The Kier molecular flexibility index (Phi) is 18.2. The molecule has 344 valence electrons. The second-order valence-corrected chi connectivity index (χ2v) is 19.4. The predicted octanol–water partition coefficient (Wildman–Crippen LogP) is 10.8. The van der Waals surface area contributed by atoms with Gasteiger partial charge in [-0.15, -0.1) is 0 Å². The quantitative estimate of drug-likeness (QED) is 0.0712. The molecule has 0 bridgehead atoms. The summed E-state index contributed by atoms with van der Waals surface area (Å²) in [6.07, 6.45) is 6.56. The number of carboxylic acid groups (broad SMARTS) is 2. The minimum atomic E-state index is -3.94. The van der Waals surface area contributed by atoms with Crippen molar-refractivity contribution in [2.24, 2.45) is 0 Å². The monoisotopic (exact) mass is 927 g/mol. The summed E-state index contributed by atoms with van der Waals surface area (Å²) in [5, 5.41) is 27.6. The van der Waals surface area contributed by atoms with E-state index in [1.807, 2.05) is 93.6 Å². The summed E-state index contributed by atoms with van der Waals surface area (Å²) >= 11 is 0. The minimum Gasteiger partial charge on any atom is -0.478 e. The molecule has 6 aromatic carbocycles. The van der Waals surface area contributed by atoms with Crippen LogP contribution in [-0.4, -0.2) is 52.1 Å². The Labute approximate surface area is 389 Å². The van der Waals surface area contributed by atoms with E-state index in [9.17, 15) is 31.7 Å². The summed E-state index contributed by atoms with van der Waals surface area (Å²) in [5.41, 5.74) is 6.79. The Bertz CT molecular complexity index is 2820. The van der Waals surface area contributed by atoms with Crippen molar-refractivity contribution in [3.63, 3.8) is 0 Å². The van der Waals surface area contributed by atoms with Gasteiger partial charge in [-0.2, -0.15) is 5.26 Å². The van der Waals surface area contributed by atoms with Crippen molar-refractivity contribution in [1.82, 2.24) is 0 Å². The Morgan fingerprint density at radius 1 is 0.515 bits per heavy atom. The molecule has 6 rings (SSSR count). The summed E-state index contributed by atoms with van der Waals surface area (Å²) in [6, 6.07) is 43.9. The molecule has 0 saturated carbocycles. The summed E-state index contributed by atoms with van der Waals surface area (Å²) in [7, 11) is -7.65. The van der Waals surface area contributed by atoms with Crippen LogP contribution in [0.4, 0.5) is 11.4 Å². The van der Waals surface area contributed by atoms with Gasteiger partial charge in [0.05, 0.1) is 33.0 Å². The number of hydrogen-bond acceptors (Lipinski definition) is 7. The van der Waals surface area contributed by atoms with E-state index in [1.54, 1.807) is 71.0 Å². The molecule has 11 nitrogen and oxygen atoms in total. The molecule has 0 aromatic heterocycles. The van der Waals surface area contributed by atoms with Crippen LogP contribution in [0, 0.1) is 11.3 Å². The fourth-order valence-electron chi connectivity index (χ4n) is 7.39. The van der Waals surface area contributed by atoms with Gasteiger partial charge in [0.2, 0.25) is 0 Å². The lowest BCUT2D eigenvalue weighted by Crippen LogP contribution is -2.33. The highest BCUT2D eigenvalue weighted by Crippen LogP contribution is 2.31. The molecule has 0 radical (unpaired) electrons. The lowest BCUT2D eigenvalue weighted by molar-refractivity contribution is 0.0686. The van der Waals surface area contributed by atoms with Crippen LogP contribution in [0.1, 0.15) is 101 Å². The van der Waals surface area contributed by atoms with Gasteiger partial charge < -0.3 is 10.2 Å². The number of benzene rings is 6. The van der Waals surface area contributed by atoms with Crippen LogP contribution in [-0.2, 0) is 52.2 Å². The number of carbonyl (C=O) groups is 2. The van der Waals surface area contributed by atoms with Crippen molar-refractivity contribution in [2.75, 3.05) is 21.7 Å². The molecule has 0 atom stereocenters. The molecule has 0 amide bonds. The summed E-state index contributed by atoms with van der Waals surface area (Å²) in [6.45, 7) is 6.82. The molecule has 0 saturated heterocycles. The zero-order chi connectivity index (χ0) is 47.7. The van der Waals surface area contributed by atoms with E-state index in [0.717, 1.165) is 53.5 Å². The average molecular weight is 928 g/mol. The van der Waals surface area contributed by atoms with Crippen LogP contribution in [0.3, 0.4) is 0 Å². The third kappa shape index (κ3) is 13.0. The molecule has 0 heterocycles. The molecular formula is C53H57N3O8S2. The average Bonchev–Trinajstić information content (AvgIpc) is 3.33. The van der Waals surface area contributed by atoms with E-state index in [-0.39, 0.29) is 21.6 Å². The standard InChI is InChI=1S/C27H31NO4S.C26H26N2O4S/c1-3-5-20-28(33(31,32)25-18-13-21(4-2)14-19-25)26-9-7-6-8-23(26)15-10-22-11-16-24(17-12-22)27(29)30;1-2-3-18-28(33(31,32)25-11-7-5-9-23(25)19-27)24-10-6-4-8-21(24)15-12-20-13-16-22(17-14-20)26(29)30/h6-9,11-14,16-19H,3-5,10,15,20H2,1-2H3,(H,29,30);4-11,13-14,16-17H,2-3,12,15,18H2,1H3,(H,29,30). The molecule has 2 N–H and O–H groups in total. The van der Waals surface area contributed by atoms with E-state index in [4.69, 9.17) is 10.2 Å². The molecule has 6 aromatic rings. The summed E-state index contributed by atoms with van der Waals surface area (Å²) < 4.78 is 57.6. The maximum absolute atomic E-state index is 13.7. The number of aromatic carboxylic acids is 2. The van der Waals surface area contributed by atoms with Crippen LogP contribution < -0.4 is 8.61 Å². The first-order valence-electron chi connectivity index (χ1n) is 22.2. The summed E-state index contributed by atoms with van der Waals surface area (Å²) in [5.74, 6) is -1.92. The van der Waals surface area contributed by atoms with Crippen molar-refractivity contribution < 1.29 is 36.6 Å². The van der Waals surface area contributed by atoms with Gasteiger partial charge in [-0.1, -0.05) is 119 Å². The maximum Gasteiger partial charge on any atom is 0.335 e. The van der Waals surface area contributed by atoms with Gasteiger partial charge >= 0.3 is 11.9 Å². The highest BCUT2D eigenvalue weighted by molar-refractivity contribution is 7.93. The van der Waals surface area contributed by atoms with Crippen molar-refractivity contribution in [2.45, 2.75) is 88.3 Å². The molecule has 0 aliphatic carbocycles. The Morgan fingerprint density at radius 2 is 0.924 bits per heavy atom. The maximum atomic E-state index is 13.7. The van der Waals surface area contributed by atoms with Gasteiger partial charge in [0, 0.05) is 13.1 Å². The predicted molar refractivity (Wildman–Crippen MR) is 260 cm³/mol. The fraction of sp³-hybridized carbons (Fsp3) is 0.264. The van der Waals surface area contributed by atoms with Gasteiger partial charge in [-0.05, 0) is 133 Å². The highest BCUT2D eigenvalue weighted by atomic mass is 32.2. The molecule has 0 aliphatic heterocycles. The van der Waals surface area contributed by atoms with E-state index in [0.29, 0.717) is 61.5 Å². The zero-order valence-corrected chi connectivity index (χ0v) is 39.3.